The average Bonchev–Trinajstić information content (AvgIpc) is 3.07. The molecule has 0 aliphatic heterocycles. The molecule has 5 heteroatoms. The molecule has 0 radical (unpaired) electrons. The lowest BCUT2D eigenvalue weighted by atomic mass is 10.1. The van der Waals surface area contributed by atoms with Gasteiger partial charge in [-0.1, -0.05) is 42.5 Å². The van der Waals surface area contributed by atoms with Crippen LogP contribution < -0.4 is 5.32 Å². The summed E-state index contributed by atoms with van der Waals surface area (Å²) in [6.45, 7) is 0.409. The van der Waals surface area contributed by atoms with Gasteiger partial charge < -0.3 is 10.3 Å². The first-order valence-electron chi connectivity index (χ1n) is 8.10. The number of imidazole rings is 1. The van der Waals surface area contributed by atoms with E-state index in [0.29, 0.717) is 12.3 Å². The topological polar surface area (TPSA) is 57.8 Å². The number of fused-ring (bicyclic) bond motifs is 2. The van der Waals surface area contributed by atoms with Crippen LogP contribution >= 0.6 is 11.8 Å². The van der Waals surface area contributed by atoms with Gasteiger partial charge >= 0.3 is 0 Å². The van der Waals surface area contributed by atoms with Gasteiger partial charge in [0.25, 0.3) is 0 Å². The highest BCUT2D eigenvalue weighted by atomic mass is 32.2. The number of carbonyl (C=O) groups is 1. The number of hydrogen-bond donors (Lipinski definition) is 2. The molecule has 1 amide bonds. The van der Waals surface area contributed by atoms with Gasteiger partial charge in [-0.2, -0.15) is 0 Å². The molecule has 0 aliphatic carbocycles. The van der Waals surface area contributed by atoms with E-state index in [0.717, 1.165) is 21.8 Å². The summed E-state index contributed by atoms with van der Waals surface area (Å²) in [4.78, 5) is 20.9. The molecule has 124 valence electrons. The van der Waals surface area contributed by atoms with Crippen LogP contribution in [-0.4, -0.2) is 21.6 Å². The van der Waals surface area contributed by atoms with Gasteiger partial charge in [0, 0.05) is 4.90 Å². The van der Waals surface area contributed by atoms with Gasteiger partial charge in [-0.15, -0.1) is 11.8 Å². The van der Waals surface area contributed by atoms with Crippen molar-refractivity contribution in [3.8, 4) is 0 Å². The Balaban J connectivity index is 1.33. The molecule has 2 N–H and O–H groups in total. The van der Waals surface area contributed by atoms with E-state index in [4.69, 9.17) is 0 Å². The molecule has 0 saturated carbocycles. The first-order chi connectivity index (χ1) is 12.3. The van der Waals surface area contributed by atoms with Crippen molar-refractivity contribution in [3.63, 3.8) is 0 Å². The first-order valence-corrected chi connectivity index (χ1v) is 9.08. The van der Waals surface area contributed by atoms with Crippen LogP contribution in [0.25, 0.3) is 21.8 Å². The minimum Gasteiger partial charge on any atom is -0.348 e. The summed E-state index contributed by atoms with van der Waals surface area (Å²) in [7, 11) is 0. The first kappa shape index (κ1) is 15.7. The van der Waals surface area contributed by atoms with Crippen molar-refractivity contribution < 1.29 is 4.79 Å². The second-order valence-corrected chi connectivity index (χ2v) is 6.82. The average molecular weight is 347 g/mol. The zero-order chi connectivity index (χ0) is 17.1. The minimum atomic E-state index is -0.00128. The van der Waals surface area contributed by atoms with Crippen molar-refractivity contribution in [2.75, 3.05) is 5.75 Å². The van der Waals surface area contributed by atoms with Crippen LogP contribution in [0.15, 0.2) is 71.6 Å². The third-order valence-corrected chi connectivity index (χ3v) is 4.98. The maximum Gasteiger partial charge on any atom is 0.230 e. The lowest BCUT2D eigenvalue weighted by molar-refractivity contribution is -0.118. The minimum absolute atomic E-state index is 0.00128. The molecule has 4 rings (SSSR count). The number of benzene rings is 3. The molecule has 0 saturated heterocycles. The van der Waals surface area contributed by atoms with Crippen molar-refractivity contribution in [1.82, 2.24) is 15.3 Å². The summed E-state index contributed by atoms with van der Waals surface area (Å²) < 4.78 is 0. The van der Waals surface area contributed by atoms with Crippen LogP contribution in [0.3, 0.4) is 0 Å². The number of thioether (sulfide) groups is 1. The Hall–Kier alpha value is -2.79. The van der Waals surface area contributed by atoms with Gasteiger partial charge in [-0.3, -0.25) is 4.79 Å². The van der Waals surface area contributed by atoms with Gasteiger partial charge in [0.1, 0.15) is 5.82 Å². The number of H-pyrrole nitrogens is 1. The van der Waals surface area contributed by atoms with Crippen LogP contribution in [0.1, 0.15) is 5.82 Å². The third-order valence-electron chi connectivity index (χ3n) is 3.98. The van der Waals surface area contributed by atoms with Crippen molar-refractivity contribution in [3.05, 3.63) is 72.6 Å². The number of hydrogen-bond acceptors (Lipinski definition) is 3. The predicted molar refractivity (Wildman–Crippen MR) is 103 cm³/mol. The van der Waals surface area contributed by atoms with E-state index in [1.165, 1.54) is 10.8 Å². The Morgan fingerprint density at radius 3 is 2.68 bits per heavy atom. The summed E-state index contributed by atoms with van der Waals surface area (Å²) in [5, 5.41) is 5.31. The second kappa shape index (κ2) is 6.99. The SMILES string of the molecule is O=C(CSc1ccc2ccccc2c1)NCc1nc2ccccc2[nH]1. The second-order valence-electron chi connectivity index (χ2n) is 5.78. The van der Waals surface area contributed by atoms with Crippen molar-refractivity contribution in [2.24, 2.45) is 0 Å². The lowest BCUT2D eigenvalue weighted by Crippen LogP contribution is -2.25. The maximum atomic E-state index is 12.1. The summed E-state index contributed by atoms with van der Waals surface area (Å²) >= 11 is 1.54. The number of aromatic nitrogens is 2. The molecular weight excluding hydrogens is 330 g/mol. The molecule has 4 nitrogen and oxygen atoms in total. The Morgan fingerprint density at radius 2 is 1.80 bits per heavy atom. The molecule has 0 aliphatic rings. The molecule has 3 aromatic carbocycles. The molecule has 0 fully saturated rings. The van der Waals surface area contributed by atoms with E-state index in [9.17, 15) is 4.79 Å². The number of para-hydroxylation sites is 2. The zero-order valence-electron chi connectivity index (χ0n) is 13.5. The molecule has 25 heavy (non-hydrogen) atoms. The van der Waals surface area contributed by atoms with Crippen LogP contribution in [0.2, 0.25) is 0 Å². The summed E-state index contributed by atoms with van der Waals surface area (Å²) in [6.07, 6.45) is 0. The fourth-order valence-electron chi connectivity index (χ4n) is 2.73. The Labute approximate surface area is 149 Å². The largest absolute Gasteiger partial charge is 0.348 e. The smallest absolute Gasteiger partial charge is 0.230 e. The number of aromatic amines is 1. The summed E-state index contributed by atoms with van der Waals surface area (Å²) in [5.74, 6) is 1.15. The molecule has 1 aromatic heterocycles. The highest BCUT2D eigenvalue weighted by Crippen LogP contribution is 2.23. The van der Waals surface area contributed by atoms with Gasteiger partial charge in [-0.05, 0) is 35.0 Å². The molecule has 0 atom stereocenters. The standard InChI is InChI=1S/C20H17N3OS/c24-20(21-12-19-22-17-7-3-4-8-18(17)23-19)13-25-16-10-9-14-5-1-2-6-15(14)11-16/h1-11H,12-13H2,(H,21,24)(H,22,23). The monoisotopic (exact) mass is 347 g/mol. The third kappa shape index (κ3) is 3.67. The van der Waals surface area contributed by atoms with E-state index >= 15 is 0 Å². The van der Waals surface area contributed by atoms with E-state index in [2.05, 4.69) is 45.6 Å². The van der Waals surface area contributed by atoms with Gasteiger partial charge in [-0.25, -0.2) is 4.98 Å². The van der Waals surface area contributed by atoms with E-state index in [1.54, 1.807) is 11.8 Å². The molecular formula is C20H17N3OS. The van der Waals surface area contributed by atoms with Crippen LogP contribution in [-0.2, 0) is 11.3 Å². The normalized spacial score (nSPS) is 11.0. The molecule has 0 bridgehead atoms. The summed E-state index contributed by atoms with van der Waals surface area (Å²) in [6, 6.07) is 22.3. The fourth-order valence-corrected chi connectivity index (χ4v) is 3.50. The van der Waals surface area contributed by atoms with Crippen LogP contribution in [0.4, 0.5) is 0 Å². The molecule has 1 heterocycles. The van der Waals surface area contributed by atoms with Crippen molar-refractivity contribution in [1.29, 1.82) is 0 Å². The van der Waals surface area contributed by atoms with Crippen LogP contribution in [0.5, 0.6) is 0 Å². The molecule has 0 spiro atoms. The Morgan fingerprint density at radius 1 is 1.00 bits per heavy atom. The Bertz CT molecular complexity index is 1010. The number of amides is 1. The van der Waals surface area contributed by atoms with Gasteiger partial charge in [0.2, 0.25) is 5.91 Å². The predicted octanol–water partition coefficient (Wildman–Crippen LogP) is 4.12. The van der Waals surface area contributed by atoms with Gasteiger partial charge in [0.05, 0.1) is 23.3 Å². The summed E-state index contributed by atoms with van der Waals surface area (Å²) in [5.41, 5.74) is 1.90. The maximum absolute atomic E-state index is 12.1. The van der Waals surface area contributed by atoms with Crippen LogP contribution in [0, 0.1) is 0 Å². The lowest BCUT2D eigenvalue weighted by Gasteiger charge is -2.05. The number of rotatable bonds is 5. The van der Waals surface area contributed by atoms with Gasteiger partial charge in [0.15, 0.2) is 0 Å². The van der Waals surface area contributed by atoms with Crippen molar-refractivity contribution >= 4 is 39.5 Å². The van der Waals surface area contributed by atoms with E-state index in [-0.39, 0.29) is 5.91 Å². The highest BCUT2D eigenvalue weighted by Gasteiger charge is 2.06. The molecule has 0 unspecified atom stereocenters. The van der Waals surface area contributed by atoms with E-state index < -0.39 is 0 Å². The number of nitrogens with one attached hydrogen (secondary N) is 2. The fraction of sp³-hybridized carbons (Fsp3) is 0.100. The quantitative estimate of drug-likeness (QED) is 0.534. The number of carbonyl (C=O) groups excluding carboxylic acids is 1. The van der Waals surface area contributed by atoms with E-state index in [1.807, 2.05) is 36.4 Å². The Kier molecular flexibility index (Phi) is 4.39. The number of nitrogens with zero attached hydrogens (tertiary/aromatic N) is 1. The molecule has 4 aromatic rings. The zero-order valence-corrected chi connectivity index (χ0v) is 14.3. The van der Waals surface area contributed by atoms with Crippen molar-refractivity contribution in [2.45, 2.75) is 11.4 Å². The highest BCUT2D eigenvalue weighted by molar-refractivity contribution is 8.00.